The summed E-state index contributed by atoms with van der Waals surface area (Å²) in [5, 5.41) is 4.79. The van der Waals surface area contributed by atoms with Crippen molar-refractivity contribution in [1.29, 1.82) is 0 Å². The van der Waals surface area contributed by atoms with Crippen LogP contribution in [0.15, 0.2) is 35.3 Å². The van der Waals surface area contributed by atoms with Crippen molar-refractivity contribution in [2.24, 2.45) is 10.9 Å². The molecule has 1 heterocycles. The maximum absolute atomic E-state index is 4.95. The van der Waals surface area contributed by atoms with E-state index in [0.29, 0.717) is 12.1 Å². The maximum atomic E-state index is 4.95. The number of hydrogen-bond donors (Lipinski definition) is 1. The van der Waals surface area contributed by atoms with E-state index < -0.39 is 0 Å². The van der Waals surface area contributed by atoms with Crippen molar-refractivity contribution in [1.82, 2.24) is 5.32 Å². The van der Waals surface area contributed by atoms with Gasteiger partial charge in [0.25, 0.3) is 0 Å². The minimum atomic E-state index is 0.448. The van der Waals surface area contributed by atoms with Gasteiger partial charge in [-0.2, -0.15) is 0 Å². The van der Waals surface area contributed by atoms with Gasteiger partial charge in [-0.25, -0.2) is 0 Å². The summed E-state index contributed by atoms with van der Waals surface area (Å²) in [7, 11) is 0. The zero-order valence-corrected chi connectivity index (χ0v) is 13.0. The molecule has 20 heavy (non-hydrogen) atoms. The fourth-order valence-electron chi connectivity index (χ4n) is 3.23. The van der Waals surface area contributed by atoms with E-state index >= 15 is 0 Å². The van der Waals surface area contributed by atoms with E-state index in [-0.39, 0.29) is 0 Å². The highest BCUT2D eigenvalue weighted by Gasteiger charge is 2.29. The van der Waals surface area contributed by atoms with E-state index in [1.807, 2.05) is 11.8 Å². The first-order valence-corrected chi connectivity index (χ1v) is 8.81. The summed E-state index contributed by atoms with van der Waals surface area (Å²) in [5.74, 6) is 2.10. The lowest BCUT2D eigenvalue weighted by molar-refractivity contribution is 0.335. The summed E-state index contributed by atoms with van der Waals surface area (Å²) < 4.78 is 0. The van der Waals surface area contributed by atoms with Crippen LogP contribution in [0.4, 0.5) is 0 Å². The number of benzene rings is 1. The number of nitrogens with one attached hydrogen (secondary N) is 1. The Labute approximate surface area is 126 Å². The molecule has 1 aliphatic heterocycles. The van der Waals surface area contributed by atoms with Crippen LogP contribution >= 0.6 is 11.8 Å². The molecule has 0 bridgehead atoms. The first kappa shape index (κ1) is 14.0. The summed E-state index contributed by atoms with van der Waals surface area (Å²) in [6.45, 7) is 2.25. The van der Waals surface area contributed by atoms with E-state index in [0.717, 1.165) is 12.3 Å². The number of rotatable bonds is 3. The molecule has 0 aromatic heterocycles. The highest BCUT2D eigenvalue weighted by molar-refractivity contribution is 8.13. The van der Waals surface area contributed by atoms with Gasteiger partial charge in [0.1, 0.15) is 0 Å². The van der Waals surface area contributed by atoms with Crippen LogP contribution < -0.4 is 5.32 Å². The first-order chi connectivity index (χ1) is 9.81. The van der Waals surface area contributed by atoms with Crippen LogP contribution in [0.25, 0.3) is 0 Å². The van der Waals surface area contributed by atoms with Gasteiger partial charge in [0.2, 0.25) is 0 Å². The van der Waals surface area contributed by atoms with Crippen LogP contribution in [0.1, 0.15) is 38.2 Å². The van der Waals surface area contributed by atoms with Crippen molar-refractivity contribution in [2.75, 3.05) is 5.75 Å². The number of nitrogens with zero attached hydrogens (tertiary/aromatic N) is 1. The van der Waals surface area contributed by atoms with Crippen molar-refractivity contribution in [3.63, 3.8) is 0 Å². The summed E-state index contributed by atoms with van der Waals surface area (Å²) >= 11 is 1.93. The molecule has 1 saturated carbocycles. The summed E-state index contributed by atoms with van der Waals surface area (Å²) in [6, 6.07) is 11.7. The lowest BCUT2D eigenvalue weighted by Crippen LogP contribution is -2.38. The van der Waals surface area contributed by atoms with E-state index in [4.69, 9.17) is 4.99 Å². The molecule has 1 fully saturated rings. The summed E-state index contributed by atoms with van der Waals surface area (Å²) in [5.41, 5.74) is 1.39. The third-order valence-corrected chi connectivity index (χ3v) is 5.43. The van der Waals surface area contributed by atoms with Crippen molar-refractivity contribution in [3.05, 3.63) is 35.9 Å². The number of aliphatic imine (C=N–C) groups is 1. The van der Waals surface area contributed by atoms with E-state index in [1.165, 1.54) is 42.2 Å². The van der Waals surface area contributed by atoms with Gasteiger partial charge >= 0.3 is 0 Å². The lowest BCUT2D eigenvalue weighted by atomic mass is 9.86. The Morgan fingerprint density at radius 2 is 2.05 bits per heavy atom. The summed E-state index contributed by atoms with van der Waals surface area (Å²) in [6.07, 6.45) is 6.51. The molecule has 0 amide bonds. The maximum Gasteiger partial charge on any atom is 0.157 e. The molecular weight excluding hydrogens is 264 g/mol. The Bertz CT molecular complexity index is 457. The smallest absolute Gasteiger partial charge is 0.157 e. The number of hydrogen-bond acceptors (Lipinski definition) is 3. The predicted octanol–water partition coefficient (Wildman–Crippen LogP) is 3.87. The molecule has 2 nitrogen and oxygen atoms in total. The van der Waals surface area contributed by atoms with Crippen LogP contribution in [-0.2, 0) is 6.42 Å². The molecule has 0 spiro atoms. The second-order valence-electron chi connectivity index (χ2n) is 6.09. The number of fused-ring (bicyclic) bond motifs is 1. The van der Waals surface area contributed by atoms with Crippen LogP contribution in [-0.4, -0.2) is 23.0 Å². The summed E-state index contributed by atoms with van der Waals surface area (Å²) in [4.78, 5) is 4.95. The second-order valence-corrected chi connectivity index (χ2v) is 7.10. The lowest BCUT2D eigenvalue weighted by Gasteiger charge is -2.33. The molecule has 108 valence electrons. The quantitative estimate of drug-likeness (QED) is 0.913. The van der Waals surface area contributed by atoms with Gasteiger partial charge in [-0.05, 0) is 37.7 Å². The molecule has 3 atom stereocenters. The Balaban J connectivity index is 1.56. The molecular formula is C17H24N2S. The van der Waals surface area contributed by atoms with Gasteiger partial charge in [-0.15, -0.1) is 0 Å². The Morgan fingerprint density at radius 1 is 1.25 bits per heavy atom. The number of thioether (sulfide) groups is 1. The third kappa shape index (κ3) is 3.57. The van der Waals surface area contributed by atoms with Crippen molar-refractivity contribution < 1.29 is 0 Å². The molecule has 2 aliphatic rings. The van der Waals surface area contributed by atoms with E-state index in [2.05, 4.69) is 42.6 Å². The average Bonchev–Trinajstić information content (AvgIpc) is 2.48. The second kappa shape index (κ2) is 6.66. The van der Waals surface area contributed by atoms with Gasteiger partial charge in [-0.1, -0.05) is 54.9 Å². The van der Waals surface area contributed by atoms with E-state index in [1.54, 1.807) is 0 Å². The fraction of sp³-hybridized carbons (Fsp3) is 0.588. The van der Waals surface area contributed by atoms with Crippen molar-refractivity contribution in [2.45, 2.75) is 51.1 Å². The predicted molar refractivity (Wildman–Crippen MR) is 88.4 cm³/mol. The van der Waals surface area contributed by atoms with Crippen LogP contribution in [0, 0.1) is 5.92 Å². The SMILES string of the molecule is CC(Cc1ccccc1)NC1=NC2CCCCC2CS1. The monoisotopic (exact) mass is 288 g/mol. The van der Waals surface area contributed by atoms with Gasteiger partial charge in [0, 0.05) is 11.8 Å². The van der Waals surface area contributed by atoms with Crippen LogP contribution in [0.3, 0.4) is 0 Å². The van der Waals surface area contributed by atoms with Gasteiger partial charge < -0.3 is 5.32 Å². The van der Waals surface area contributed by atoms with Gasteiger partial charge in [-0.3, -0.25) is 4.99 Å². The zero-order valence-electron chi connectivity index (χ0n) is 12.2. The topological polar surface area (TPSA) is 24.4 Å². The van der Waals surface area contributed by atoms with Gasteiger partial charge in [0.15, 0.2) is 5.17 Å². The molecule has 1 aromatic carbocycles. The standard InChI is InChI=1S/C17H24N2S/c1-13(11-14-7-3-2-4-8-14)18-17-19-16-10-6-5-9-15(16)12-20-17/h2-4,7-8,13,15-16H,5-6,9-12H2,1H3,(H,18,19). The Hall–Kier alpha value is -0.960. The van der Waals surface area contributed by atoms with Crippen LogP contribution in [0.5, 0.6) is 0 Å². The molecule has 3 rings (SSSR count). The minimum Gasteiger partial charge on any atom is -0.362 e. The molecule has 1 aromatic rings. The first-order valence-electron chi connectivity index (χ1n) is 7.82. The van der Waals surface area contributed by atoms with E-state index in [9.17, 15) is 0 Å². The highest BCUT2D eigenvalue weighted by atomic mass is 32.2. The fourth-order valence-corrected chi connectivity index (χ4v) is 4.49. The van der Waals surface area contributed by atoms with Gasteiger partial charge in [0.05, 0.1) is 6.04 Å². The molecule has 1 aliphatic carbocycles. The largest absolute Gasteiger partial charge is 0.362 e. The Morgan fingerprint density at radius 3 is 2.90 bits per heavy atom. The van der Waals surface area contributed by atoms with Crippen molar-refractivity contribution in [3.8, 4) is 0 Å². The molecule has 3 unspecified atom stereocenters. The number of amidine groups is 1. The molecule has 3 heteroatoms. The molecule has 0 radical (unpaired) electrons. The van der Waals surface area contributed by atoms with Crippen molar-refractivity contribution >= 4 is 16.9 Å². The highest BCUT2D eigenvalue weighted by Crippen LogP contribution is 2.33. The normalized spacial score (nSPS) is 27.4. The Kier molecular flexibility index (Phi) is 4.66. The molecule has 1 N–H and O–H groups in total. The zero-order chi connectivity index (χ0) is 13.8. The van der Waals surface area contributed by atoms with Crippen LogP contribution in [0.2, 0.25) is 0 Å². The third-order valence-electron chi connectivity index (χ3n) is 4.34. The minimum absolute atomic E-state index is 0.448. The average molecular weight is 288 g/mol. The molecule has 0 saturated heterocycles.